The maximum atomic E-state index is 12.7. The van der Waals surface area contributed by atoms with Gasteiger partial charge in [0.15, 0.2) is 0 Å². The van der Waals surface area contributed by atoms with Crippen molar-refractivity contribution in [2.45, 2.75) is 19.4 Å². The second-order valence-corrected chi connectivity index (χ2v) is 8.19. The first-order chi connectivity index (χ1) is 11.7. The molecule has 0 fully saturated rings. The van der Waals surface area contributed by atoms with Crippen LogP contribution in [0.1, 0.15) is 13.3 Å². The smallest absolute Gasteiger partial charge is 0.248 e. The van der Waals surface area contributed by atoms with Crippen molar-refractivity contribution in [2.75, 3.05) is 15.9 Å². The number of sulfonamides is 1. The van der Waals surface area contributed by atoms with Crippen molar-refractivity contribution in [1.82, 2.24) is 0 Å². The number of hydrogen-bond donors (Lipinski definition) is 1. The Kier molecular flexibility index (Phi) is 6.32. The van der Waals surface area contributed by atoms with Gasteiger partial charge in [0.2, 0.25) is 15.9 Å². The fourth-order valence-electron chi connectivity index (χ4n) is 2.44. The van der Waals surface area contributed by atoms with Gasteiger partial charge in [-0.05, 0) is 48.9 Å². The molecular weight excluding hydrogens is 383 g/mol. The third-order valence-corrected chi connectivity index (χ3v) is 5.17. The molecule has 1 N–H and O–H groups in total. The molecule has 2 aromatic rings. The zero-order chi connectivity index (χ0) is 18.6. The van der Waals surface area contributed by atoms with Crippen LogP contribution >= 0.6 is 23.2 Å². The van der Waals surface area contributed by atoms with E-state index < -0.39 is 22.0 Å². The number of rotatable bonds is 6. The first-order valence-corrected chi connectivity index (χ1v) is 10.1. The Morgan fingerprint density at radius 2 is 1.76 bits per heavy atom. The molecule has 8 heteroatoms. The molecule has 0 radical (unpaired) electrons. The van der Waals surface area contributed by atoms with E-state index in [9.17, 15) is 13.2 Å². The Bertz CT molecular complexity index is 854. The number of carbonyl (C=O) groups excluding carboxylic acids is 1. The highest BCUT2D eigenvalue weighted by molar-refractivity contribution is 7.92. The predicted molar refractivity (Wildman–Crippen MR) is 103 cm³/mol. The van der Waals surface area contributed by atoms with Gasteiger partial charge in [0.05, 0.1) is 11.9 Å². The lowest BCUT2D eigenvalue weighted by Crippen LogP contribution is -2.46. The van der Waals surface area contributed by atoms with E-state index in [1.54, 1.807) is 55.5 Å². The molecule has 0 saturated carbocycles. The van der Waals surface area contributed by atoms with Crippen LogP contribution in [-0.2, 0) is 14.8 Å². The fourth-order valence-corrected chi connectivity index (χ4v) is 3.97. The molecule has 0 spiro atoms. The van der Waals surface area contributed by atoms with E-state index in [0.717, 1.165) is 10.6 Å². The largest absolute Gasteiger partial charge is 0.324 e. The molecule has 0 aliphatic heterocycles. The van der Waals surface area contributed by atoms with E-state index in [1.807, 2.05) is 0 Å². The quantitative estimate of drug-likeness (QED) is 0.790. The highest BCUT2D eigenvalue weighted by atomic mass is 35.5. The number of anilines is 2. The summed E-state index contributed by atoms with van der Waals surface area (Å²) in [7, 11) is -3.68. The fraction of sp³-hybridized carbons (Fsp3) is 0.235. The SMILES string of the molecule is CC[C@H](C(=O)Nc1cccc(Cl)c1)N(c1ccc(Cl)cc1)S(C)(=O)=O. The van der Waals surface area contributed by atoms with Gasteiger partial charge in [0.1, 0.15) is 6.04 Å². The van der Waals surface area contributed by atoms with Gasteiger partial charge in [-0.1, -0.05) is 36.2 Å². The maximum absolute atomic E-state index is 12.7. The molecule has 1 amide bonds. The third-order valence-electron chi connectivity index (χ3n) is 3.50. The van der Waals surface area contributed by atoms with Gasteiger partial charge < -0.3 is 5.32 Å². The zero-order valence-electron chi connectivity index (χ0n) is 13.7. The summed E-state index contributed by atoms with van der Waals surface area (Å²) < 4.78 is 25.7. The molecular formula is C17H18Cl2N2O3S. The molecule has 0 aliphatic rings. The number of nitrogens with one attached hydrogen (secondary N) is 1. The number of halogens is 2. The van der Waals surface area contributed by atoms with Crippen molar-refractivity contribution in [2.24, 2.45) is 0 Å². The van der Waals surface area contributed by atoms with Crippen LogP contribution < -0.4 is 9.62 Å². The summed E-state index contributed by atoms with van der Waals surface area (Å²) in [4.78, 5) is 12.7. The molecule has 0 saturated heterocycles. The van der Waals surface area contributed by atoms with Crippen molar-refractivity contribution in [3.63, 3.8) is 0 Å². The van der Waals surface area contributed by atoms with Crippen LogP contribution in [0.15, 0.2) is 48.5 Å². The summed E-state index contributed by atoms with van der Waals surface area (Å²) >= 11 is 11.8. The molecule has 2 rings (SSSR count). The predicted octanol–water partition coefficient (Wildman–Crippen LogP) is 4.18. The monoisotopic (exact) mass is 400 g/mol. The molecule has 25 heavy (non-hydrogen) atoms. The van der Waals surface area contributed by atoms with Crippen LogP contribution in [0.3, 0.4) is 0 Å². The summed E-state index contributed by atoms with van der Waals surface area (Å²) in [6.45, 7) is 1.75. The summed E-state index contributed by atoms with van der Waals surface area (Å²) in [6.07, 6.45) is 1.36. The number of hydrogen-bond acceptors (Lipinski definition) is 3. The van der Waals surface area contributed by atoms with E-state index in [4.69, 9.17) is 23.2 Å². The van der Waals surface area contributed by atoms with Gasteiger partial charge >= 0.3 is 0 Å². The summed E-state index contributed by atoms with van der Waals surface area (Å²) in [5.74, 6) is -0.440. The number of carbonyl (C=O) groups is 1. The lowest BCUT2D eigenvalue weighted by Gasteiger charge is -2.30. The minimum absolute atomic E-state index is 0.294. The summed E-state index contributed by atoms with van der Waals surface area (Å²) in [6, 6.07) is 12.1. The van der Waals surface area contributed by atoms with Crippen LogP contribution in [0, 0.1) is 0 Å². The molecule has 2 aromatic carbocycles. The first kappa shape index (κ1) is 19.6. The molecule has 5 nitrogen and oxygen atoms in total. The first-order valence-electron chi connectivity index (χ1n) is 7.53. The minimum Gasteiger partial charge on any atom is -0.324 e. The van der Waals surface area contributed by atoms with E-state index in [0.29, 0.717) is 27.8 Å². The van der Waals surface area contributed by atoms with E-state index >= 15 is 0 Å². The van der Waals surface area contributed by atoms with Crippen molar-refractivity contribution in [1.29, 1.82) is 0 Å². The highest BCUT2D eigenvalue weighted by Gasteiger charge is 2.31. The Labute approximate surface area is 157 Å². The van der Waals surface area contributed by atoms with Crippen molar-refractivity contribution >= 4 is 50.5 Å². The molecule has 0 bridgehead atoms. The van der Waals surface area contributed by atoms with Gasteiger partial charge in [-0.3, -0.25) is 9.10 Å². The Morgan fingerprint density at radius 3 is 2.28 bits per heavy atom. The average Bonchev–Trinajstić information content (AvgIpc) is 2.52. The van der Waals surface area contributed by atoms with Crippen LogP contribution in [0.25, 0.3) is 0 Å². The Morgan fingerprint density at radius 1 is 1.12 bits per heavy atom. The van der Waals surface area contributed by atoms with Gasteiger partial charge in [-0.25, -0.2) is 8.42 Å². The Hall–Kier alpha value is -1.76. The molecule has 0 aliphatic carbocycles. The number of nitrogens with zero attached hydrogens (tertiary/aromatic N) is 1. The van der Waals surface area contributed by atoms with Crippen molar-refractivity contribution in [3.05, 3.63) is 58.6 Å². The second-order valence-electron chi connectivity index (χ2n) is 5.46. The van der Waals surface area contributed by atoms with E-state index in [2.05, 4.69) is 5.32 Å². The standard InChI is InChI=1S/C17H18Cl2N2O3S/c1-3-16(17(22)20-14-6-4-5-13(19)11-14)21(25(2,23)24)15-9-7-12(18)8-10-15/h4-11,16H,3H2,1-2H3,(H,20,22)/t16-/m1/s1. The topological polar surface area (TPSA) is 66.5 Å². The van der Waals surface area contributed by atoms with Crippen LogP contribution in [0.4, 0.5) is 11.4 Å². The lowest BCUT2D eigenvalue weighted by molar-refractivity contribution is -0.117. The summed E-state index contributed by atoms with van der Waals surface area (Å²) in [5, 5.41) is 3.67. The second kappa shape index (κ2) is 8.08. The lowest BCUT2D eigenvalue weighted by atomic mass is 10.2. The summed E-state index contributed by atoms with van der Waals surface area (Å²) in [5.41, 5.74) is 0.875. The molecule has 0 unspecified atom stereocenters. The van der Waals surface area contributed by atoms with Crippen molar-refractivity contribution < 1.29 is 13.2 Å². The molecule has 0 aromatic heterocycles. The minimum atomic E-state index is -3.68. The molecule has 0 heterocycles. The highest BCUT2D eigenvalue weighted by Crippen LogP contribution is 2.25. The van der Waals surface area contributed by atoms with E-state index in [1.165, 1.54) is 0 Å². The van der Waals surface area contributed by atoms with Crippen LogP contribution in [-0.4, -0.2) is 26.6 Å². The normalized spacial score (nSPS) is 12.5. The number of benzene rings is 2. The van der Waals surface area contributed by atoms with Gasteiger partial charge in [0, 0.05) is 15.7 Å². The van der Waals surface area contributed by atoms with Crippen molar-refractivity contribution in [3.8, 4) is 0 Å². The molecule has 1 atom stereocenters. The zero-order valence-corrected chi connectivity index (χ0v) is 16.1. The number of amides is 1. The van der Waals surface area contributed by atoms with Gasteiger partial charge in [-0.2, -0.15) is 0 Å². The average molecular weight is 401 g/mol. The van der Waals surface area contributed by atoms with E-state index in [-0.39, 0.29) is 0 Å². The van der Waals surface area contributed by atoms with Gasteiger partial charge in [0.25, 0.3) is 0 Å². The van der Waals surface area contributed by atoms with Crippen LogP contribution in [0.2, 0.25) is 10.0 Å². The van der Waals surface area contributed by atoms with Crippen LogP contribution in [0.5, 0.6) is 0 Å². The van der Waals surface area contributed by atoms with Gasteiger partial charge in [-0.15, -0.1) is 0 Å². The molecule has 134 valence electrons. The maximum Gasteiger partial charge on any atom is 0.248 e. The third kappa shape index (κ3) is 5.11. The Balaban J connectivity index is 2.36.